The van der Waals surface area contributed by atoms with Gasteiger partial charge in [-0.15, -0.1) is 0 Å². The Morgan fingerprint density at radius 1 is 1.38 bits per heavy atom. The number of benzene rings is 1. The molecule has 1 aromatic heterocycles. The molecule has 4 nitrogen and oxygen atoms in total. The lowest BCUT2D eigenvalue weighted by Gasteiger charge is -2.17. The van der Waals surface area contributed by atoms with Crippen LogP contribution < -0.4 is 5.73 Å². The highest BCUT2D eigenvalue weighted by atomic mass is 16.3. The summed E-state index contributed by atoms with van der Waals surface area (Å²) in [5, 5.41) is 0. The topological polar surface area (TPSA) is 59.5 Å². The van der Waals surface area contributed by atoms with Crippen molar-refractivity contribution in [3.8, 4) is 11.8 Å². The minimum Gasteiger partial charge on any atom is -0.472 e. The summed E-state index contributed by atoms with van der Waals surface area (Å²) < 4.78 is 5.02. The first-order chi connectivity index (χ1) is 10.1. The van der Waals surface area contributed by atoms with Crippen LogP contribution in [0.2, 0.25) is 0 Å². The molecule has 0 fully saturated rings. The molecule has 0 saturated heterocycles. The highest BCUT2D eigenvalue weighted by Gasteiger charge is 2.15. The molecule has 0 bridgehead atoms. The average molecular weight is 282 g/mol. The van der Waals surface area contributed by atoms with Gasteiger partial charge in [-0.1, -0.05) is 17.9 Å². The average Bonchev–Trinajstić information content (AvgIpc) is 2.98. The molecule has 0 radical (unpaired) electrons. The number of nitrogens with zero attached hydrogens (tertiary/aromatic N) is 1. The summed E-state index contributed by atoms with van der Waals surface area (Å²) in [6.45, 7) is 2.73. The molecule has 0 aliphatic carbocycles. The van der Waals surface area contributed by atoms with Crippen LogP contribution in [-0.4, -0.2) is 24.4 Å². The van der Waals surface area contributed by atoms with Crippen molar-refractivity contribution >= 4 is 5.91 Å². The van der Waals surface area contributed by atoms with E-state index in [1.807, 2.05) is 31.2 Å². The number of rotatable bonds is 3. The van der Waals surface area contributed by atoms with Gasteiger partial charge < -0.3 is 15.1 Å². The molecule has 0 aliphatic rings. The van der Waals surface area contributed by atoms with Crippen molar-refractivity contribution in [3.63, 3.8) is 0 Å². The molecule has 1 heterocycles. The maximum Gasteiger partial charge on any atom is 0.254 e. The molecule has 21 heavy (non-hydrogen) atoms. The van der Waals surface area contributed by atoms with Gasteiger partial charge in [0.1, 0.15) is 0 Å². The first-order valence-electron chi connectivity index (χ1n) is 6.68. The number of amides is 1. The quantitative estimate of drug-likeness (QED) is 0.878. The minimum atomic E-state index is -0.0369. The standard InChI is InChI=1S/C17H18N2O2/c1-13-5-6-14(4-3-8-18)10-16(13)17(20)19(2)11-15-7-9-21-12-15/h5-7,9-10,12H,8,11,18H2,1-2H3. The smallest absolute Gasteiger partial charge is 0.254 e. The fourth-order valence-electron chi connectivity index (χ4n) is 2.02. The SMILES string of the molecule is Cc1ccc(C#CCN)cc1C(=O)N(C)Cc1ccoc1. The maximum atomic E-state index is 12.5. The molecule has 4 heteroatoms. The van der Waals surface area contributed by atoms with Gasteiger partial charge in [-0.2, -0.15) is 0 Å². The number of hydrogen-bond acceptors (Lipinski definition) is 3. The van der Waals surface area contributed by atoms with E-state index in [0.717, 1.165) is 16.7 Å². The van der Waals surface area contributed by atoms with Gasteiger partial charge in [0.2, 0.25) is 0 Å². The Labute approximate surface area is 124 Å². The summed E-state index contributed by atoms with van der Waals surface area (Å²) in [5.41, 5.74) is 8.71. The van der Waals surface area contributed by atoms with Gasteiger partial charge in [-0.25, -0.2) is 0 Å². The molecule has 0 saturated carbocycles. The number of nitrogens with two attached hydrogens (primary N) is 1. The van der Waals surface area contributed by atoms with E-state index in [4.69, 9.17) is 10.2 Å². The van der Waals surface area contributed by atoms with Gasteiger partial charge in [0.15, 0.2) is 0 Å². The molecule has 0 aliphatic heterocycles. The molecule has 0 atom stereocenters. The van der Waals surface area contributed by atoms with Crippen LogP contribution >= 0.6 is 0 Å². The zero-order valence-corrected chi connectivity index (χ0v) is 12.2. The minimum absolute atomic E-state index is 0.0369. The summed E-state index contributed by atoms with van der Waals surface area (Å²) in [7, 11) is 1.77. The fraction of sp³-hybridized carbons (Fsp3) is 0.235. The second kappa shape index (κ2) is 6.78. The van der Waals surface area contributed by atoms with Crippen molar-refractivity contribution in [2.45, 2.75) is 13.5 Å². The summed E-state index contributed by atoms with van der Waals surface area (Å²) in [6, 6.07) is 7.45. The van der Waals surface area contributed by atoms with Gasteiger partial charge in [0, 0.05) is 30.3 Å². The van der Waals surface area contributed by atoms with Crippen LogP contribution in [0.3, 0.4) is 0 Å². The second-order valence-corrected chi connectivity index (χ2v) is 4.83. The first-order valence-corrected chi connectivity index (χ1v) is 6.68. The van der Waals surface area contributed by atoms with E-state index in [9.17, 15) is 4.79 Å². The lowest BCUT2D eigenvalue weighted by molar-refractivity contribution is 0.0784. The predicted octanol–water partition coefficient (Wildman–Crippen LogP) is 2.17. The zero-order chi connectivity index (χ0) is 15.2. The van der Waals surface area contributed by atoms with Crippen molar-refractivity contribution in [1.29, 1.82) is 0 Å². The van der Waals surface area contributed by atoms with Gasteiger partial charge >= 0.3 is 0 Å². The van der Waals surface area contributed by atoms with E-state index >= 15 is 0 Å². The molecule has 1 amide bonds. The summed E-state index contributed by atoms with van der Waals surface area (Å²) in [6.07, 6.45) is 3.24. The predicted molar refractivity (Wildman–Crippen MR) is 81.6 cm³/mol. The van der Waals surface area contributed by atoms with Crippen molar-refractivity contribution < 1.29 is 9.21 Å². The lowest BCUT2D eigenvalue weighted by atomic mass is 10.0. The third-order valence-corrected chi connectivity index (χ3v) is 3.15. The van der Waals surface area contributed by atoms with Gasteiger partial charge in [0.05, 0.1) is 19.1 Å². The molecule has 1 aromatic carbocycles. The monoisotopic (exact) mass is 282 g/mol. The number of hydrogen-bond donors (Lipinski definition) is 1. The van der Waals surface area contributed by atoms with Gasteiger partial charge in [-0.3, -0.25) is 4.79 Å². The Kier molecular flexibility index (Phi) is 4.81. The fourth-order valence-corrected chi connectivity index (χ4v) is 2.02. The highest BCUT2D eigenvalue weighted by molar-refractivity contribution is 5.95. The van der Waals surface area contributed by atoms with E-state index in [1.54, 1.807) is 24.5 Å². The lowest BCUT2D eigenvalue weighted by Crippen LogP contribution is -2.26. The largest absolute Gasteiger partial charge is 0.472 e. The van der Waals surface area contributed by atoms with E-state index < -0.39 is 0 Å². The third-order valence-electron chi connectivity index (χ3n) is 3.15. The number of carbonyl (C=O) groups excluding carboxylic acids is 1. The van der Waals surface area contributed by atoms with Gasteiger partial charge in [-0.05, 0) is 30.7 Å². The van der Waals surface area contributed by atoms with Crippen LogP contribution in [0.4, 0.5) is 0 Å². The number of aryl methyl sites for hydroxylation is 1. The van der Waals surface area contributed by atoms with Crippen molar-refractivity contribution in [2.75, 3.05) is 13.6 Å². The maximum absolute atomic E-state index is 12.5. The highest BCUT2D eigenvalue weighted by Crippen LogP contribution is 2.14. The van der Waals surface area contributed by atoms with E-state index in [0.29, 0.717) is 18.7 Å². The zero-order valence-electron chi connectivity index (χ0n) is 12.2. The van der Waals surface area contributed by atoms with Crippen molar-refractivity contribution in [1.82, 2.24) is 4.90 Å². The number of carbonyl (C=O) groups is 1. The first kappa shape index (κ1) is 14.9. The van der Waals surface area contributed by atoms with E-state index in [1.165, 1.54) is 0 Å². The number of furan rings is 1. The van der Waals surface area contributed by atoms with Crippen LogP contribution in [0.25, 0.3) is 0 Å². The Bertz CT molecular complexity index is 679. The Hall–Kier alpha value is -2.51. The van der Waals surface area contributed by atoms with Crippen LogP contribution in [-0.2, 0) is 6.54 Å². The molecule has 0 unspecified atom stereocenters. The molecule has 2 aromatic rings. The molecular formula is C17H18N2O2. The normalized spacial score (nSPS) is 9.86. The molecule has 108 valence electrons. The second-order valence-electron chi connectivity index (χ2n) is 4.83. The third kappa shape index (κ3) is 3.74. The van der Waals surface area contributed by atoms with E-state index in [-0.39, 0.29) is 5.91 Å². The Morgan fingerprint density at radius 3 is 2.86 bits per heavy atom. The van der Waals surface area contributed by atoms with Crippen LogP contribution in [0.1, 0.15) is 27.0 Å². The van der Waals surface area contributed by atoms with Crippen LogP contribution in [0.15, 0.2) is 41.2 Å². The van der Waals surface area contributed by atoms with Crippen molar-refractivity contribution in [3.05, 3.63) is 59.0 Å². The van der Waals surface area contributed by atoms with Gasteiger partial charge in [0.25, 0.3) is 5.91 Å². The van der Waals surface area contributed by atoms with Crippen LogP contribution in [0, 0.1) is 18.8 Å². The Morgan fingerprint density at radius 2 is 2.19 bits per heavy atom. The molecule has 2 N–H and O–H groups in total. The Balaban J connectivity index is 2.21. The van der Waals surface area contributed by atoms with Crippen LogP contribution in [0.5, 0.6) is 0 Å². The molecular weight excluding hydrogens is 264 g/mol. The van der Waals surface area contributed by atoms with Crippen molar-refractivity contribution in [2.24, 2.45) is 5.73 Å². The summed E-state index contributed by atoms with van der Waals surface area (Å²) in [5.74, 6) is 5.71. The molecule has 0 spiro atoms. The van der Waals surface area contributed by atoms with E-state index in [2.05, 4.69) is 11.8 Å². The summed E-state index contributed by atoms with van der Waals surface area (Å²) >= 11 is 0. The summed E-state index contributed by atoms with van der Waals surface area (Å²) in [4.78, 5) is 14.2. The molecule has 2 rings (SSSR count).